The molecule has 3 rings (SSSR count). The highest BCUT2D eigenvalue weighted by molar-refractivity contribution is 5.88. The molecule has 24 heavy (non-hydrogen) atoms. The molecule has 0 aromatic heterocycles. The van der Waals surface area contributed by atoms with Crippen LogP contribution in [0.4, 0.5) is 4.79 Å². The molecule has 6 nitrogen and oxygen atoms in total. The second kappa shape index (κ2) is 6.17. The van der Waals surface area contributed by atoms with Crippen LogP contribution in [-0.4, -0.2) is 54.7 Å². The first kappa shape index (κ1) is 16.3. The summed E-state index contributed by atoms with van der Waals surface area (Å²) in [5.41, 5.74) is 1.58. The summed E-state index contributed by atoms with van der Waals surface area (Å²) in [6, 6.07) is 7.42. The summed E-state index contributed by atoms with van der Waals surface area (Å²) < 4.78 is 5.98. The van der Waals surface area contributed by atoms with Gasteiger partial charge in [0.15, 0.2) is 0 Å². The molecule has 1 fully saturated rings. The first-order valence-corrected chi connectivity index (χ1v) is 8.11. The van der Waals surface area contributed by atoms with E-state index >= 15 is 0 Å². The molecule has 2 heterocycles. The number of carbonyl (C=O) groups is 1. The minimum Gasteiger partial charge on any atom is -0.483 e. The molecule has 1 saturated heterocycles. The van der Waals surface area contributed by atoms with E-state index in [4.69, 9.17) is 4.74 Å². The molecular formula is C18H22N4O2. The number of nitrogens with one attached hydrogen (secondary N) is 1. The maximum atomic E-state index is 12.9. The van der Waals surface area contributed by atoms with Gasteiger partial charge in [-0.3, -0.25) is 4.90 Å². The van der Waals surface area contributed by atoms with E-state index in [9.17, 15) is 10.1 Å². The number of amides is 2. The molecule has 0 atom stereocenters. The fourth-order valence-electron chi connectivity index (χ4n) is 3.06. The maximum absolute atomic E-state index is 12.9. The Morgan fingerprint density at radius 1 is 1.38 bits per heavy atom. The van der Waals surface area contributed by atoms with Crippen molar-refractivity contribution in [1.82, 2.24) is 15.1 Å². The number of nitrogens with zero attached hydrogens (tertiary/aromatic N) is 3. The zero-order valence-electron chi connectivity index (χ0n) is 14.3. The largest absolute Gasteiger partial charge is 0.483 e. The van der Waals surface area contributed by atoms with E-state index in [2.05, 4.69) is 11.4 Å². The zero-order valence-corrected chi connectivity index (χ0v) is 14.3. The average Bonchev–Trinajstić information content (AvgIpc) is 2.59. The molecule has 2 aliphatic rings. The Labute approximate surface area is 142 Å². The van der Waals surface area contributed by atoms with Crippen LogP contribution in [0.5, 0.6) is 5.75 Å². The van der Waals surface area contributed by atoms with E-state index in [-0.39, 0.29) is 6.03 Å². The molecule has 1 aromatic carbocycles. The summed E-state index contributed by atoms with van der Waals surface area (Å²) in [6.45, 7) is 6.92. The van der Waals surface area contributed by atoms with Crippen LogP contribution in [0, 0.1) is 11.3 Å². The number of hydrogen-bond donors (Lipinski definition) is 1. The highest BCUT2D eigenvalue weighted by Gasteiger charge is 2.32. The molecule has 0 bridgehead atoms. The first-order chi connectivity index (χ1) is 11.4. The van der Waals surface area contributed by atoms with Gasteiger partial charge in [-0.25, -0.2) is 4.79 Å². The molecule has 0 unspecified atom stereocenters. The number of ether oxygens (including phenoxy) is 1. The minimum absolute atomic E-state index is 0.0336. The predicted molar refractivity (Wildman–Crippen MR) is 91.4 cm³/mol. The fraction of sp³-hybridized carbons (Fsp3) is 0.444. The van der Waals surface area contributed by atoms with Crippen LogP contribution in [0.2, 0.25) is 0 Å². The summed E-state index contributed by atoms with van der Waals surface area (Å²) in [5.74, 6) is 0.691. The van der Waals surface area contributed by atoms with Gasteiger partial charge in [-0.05, 0) is 38.1 Å². The van der Waals surface area contributed by atoms with Gasteiger partial charge in [0.2, 0.25) is 0 Å². The third-order valence-electron chi connectivity index (χ3n) is 4.28. The van der Waals surface area contributed by atoms with Crippen LogP contribution >= 0.6 is 0 Å². The van der Waals surface area contributed by atoms with Crippen molar-refractivity contribution < 1.29 is 9.53 Å². The van der Waals surface area contributed by atoms with E-state index in [1.165, 1.54) is 0 Å². The molecule has 1 aromatic rings. The van der Waals surface area contributed by atoms with Crippen LogP contribution in [-0.2, 0) is 0 Å². The fourth-order valence-corrected chi connectivity index (χ4v) is 3.06. The van der Waals surface area contributed by atoms with Gasteiger partial charge < -0.3 is 15.0 Å². The molecule has 2 amide bonds. The lowest BCUT2D eigenvalue weighted by Gasteiger charge is -2.37. The maximum Gasteiger partial charge on any atom is 0.324 e. The standard InChI is InChI=1S/C18H22N4O2/c1-18(2)11-15(14-10-13(12-19)4-5-16(14)24-18)21(3)17(23)22-8-6-20-7-9-22/h4-5,10-11,20H,6-9H2,1-3H3. The summed E-state index contributed by atoms with van der Waals surface area (Å²) in [4.78, 5) is 16.4. The van der Waals surface area contributed by atoms with Crippen molar-refractivity contribution in [1.29, 1.82) is 5.26 Å². The molecule has 1 N–H and O–H groups in total. The second-order valence-electron chi connectivity index (χ2n) is 6.64. The van der Waals surface area contributed by atoms with Crippen LogP contribution < -0.4 is 10.1 Å². The Balaban J connectivity index is 1.97. The number of benzene rings is 1. The van der Waals surface area contributed by atoms with Crippen LogP contribution in [0.3, 0.4) is 0 Å². The molecule has 0 spiro atoms. The van der Waals surface area contributed by atoms with E-state index in [1.54, 1.807) is 30.1 Å². The predicted octanol–water partition coefficient (Wildman–Crippen LogP) is 2.03. The zero-order chi connectivity index (χ0) is 17.3. The molecule has 0 radical (unpaired) electrons. The normalized spacial score (nSPS) is 18.8. The number of hydrogen-bond acceptors (Lipinski definition) is 4. The van der Waals surface area contributed by atoms with Gasteiger partial charge in [-0.15, -0.1) is 0 Å². The lowest BCUT2D eigenvalue weighted by Crippen LogP contribution is -2.50. The molecule has 6 heteroatoms. The average molecular weight is 326 g/mol. The van der Waals surface area contributed by atoms with Gasteiger partial charge in [0.1, 0.15) is 11.4 Å². The van der Waals surface area contributed by atoms with Crippen molar-refractivity contribution in [2.75, 3.05) is 33.2 Å². The Hall–Kier alpha value is -2.52. The molecular weight excluding hydrogens is 304 g/mol. The van der Waals surface area contributed by atoms with Gasteiger partial charge in [0.05, 0.1) is 17.3 Å². The van der Waals surface area contributed by atoms with Gasteiger partial charge in [-0.1, -0.05) is 0 Å². The van der Waals surface area contributed by atoms with Crippen LogP contribution in [0.1, 0.15) is 25.0 Å². The number of nitriles is 1. The first-order valence-electron chi connectivity index (χ1n) is 8.11. The van der Waals surface area contributed by atoms with Gasteiger partial charge >= 0.3 is 6.03 Å². The topological polar surface area (TPSA) is 68.6 Å². The second-order valence-corrected chi connectivity index (χ2v) is 6.64. The van der Waals surface area contributed by atoms with E-state index in [0.29, 0.717) is 24.4 Å². The van der Waals surface area contributed by atoms with E-state index < -0.39 is 5.60 Å². The quantitative estimate of drug-likeness (QED) is 0.857. The van der Waals surface area contributed by atoms with Crippen molar-refractivity contribution in [3.63, 3.8) is 0 Å². The highest BCUT2D eigenvalue weighted by Crippen LogP contribution is 2.38. The van der Waals surface area contributed by atoms with Crippen molar-refractivity contribution in [3.05, 3.63) is 35.4 Å². The van der Waals surface area contributed by atoms with Crippen molar-refractivity contribution in [2.45, 2.75) is 19.4 Å². The van der Waals surface area contributed by atoms with Gasteiger partial charge in [-0.2, -0.15) is 5.26 Å². The van der Waals surface area contributed by atoms with Crippen molar-refractivity contribution in [2.24, 2.45) is 0 Å². The third kappa shape index (κ3) is 3.08. The van der Waals surface area contributed by atoms with Crippen molar-refractivity contribution >= 4 is 11.7 Å². The SMILES string of the molecule is CN(C(=O)N1CCNCC1)C1=CC(C)(C)Oc2ccc(C#N)cc21. The Kier molecular flexibility index (Phi) is 4.20. The lowest BCUT2D eigenvalue weighted by atomic mass is 9.97. The number of fused-ring (bicyclic) bond motifs is 1. The number of urea groups is 1. The number of rotatable bonds is 1. The third-order valence-corrected chi connectivity index (χ3v) is 4.28. The Morgan fingerprint density at radius 3 is 2.75 bits per heavy atom. The van der Waals surface area contributed by atoms with Crippen molar-refractivity contribution in [3.8, 4) is 11.8 Å². The summed E-state index contributed by atoms with van der Waals surface area (Å²) in [6.07, 6.45) is 1.94. The van der Waals surface area contributed by atoms with Gasteiger partial charge in [0, 0.05) is 38.8 Å². The molecule has 0 saturated carbocycles. The summed E-state index contributed by atoms with van der Waals surface area (Å²) in [7, 11) is 1.78. The minimum atomic E-state index is -0.519. The van der Waals surface area contributed by atoms with Gasteiger partial charge in [0.25, 0.3) is 0 Å². The molecule has 2 aliphatic heterocycles. The number of carbonyl (C=O) groups excluding carboxylic acids is 1. The molecule has 126 valence electrons. The smallest absolute Gasteiger partial charge is 0.324 e. The summed E-state index contributed by atoms with van der Waals surface area (Å²) in [5, 5.41) is 12.4. The Bertz CT molecular complexity index is 727. The summed E-state index contributed by atoms with van der Waals surface area (Å²) >= 11 is 0. The monoisotopic (exact) mass is 326 g/mol. The highest BCUT2D eigenvalue weighted by atomic mass is 16.5. The Morgan fingerprint density at radius 2 is 2.08 bits per heavy atom. The van der Waals surface area contributed by atoms with Crippen LogP contribution in [0.15, 0.2) is 24.3 Å². The number of piperazine rings is 1. The van der Waals surface area contributed by atoms with Crippen LogP contribution in [0.25, 0.3) is 5.70 Å². The van der Waals surface area contributed by atoms with E-state index in [1.807, 2.05) is 24.8 Å². The molecule has 0 aliphatic carbocycles. The lowest BCUT2D eigenvalue weighted by molar-refractivity contribution is 0.151. The van der Waals surface area contributed by atoms with E-state index in [0.717, 1.165) is 24.4 Å².